The SMILES string of the molecule is CC(C)(N)C(=O)NCCC(=O)N1CCN(c2ccccn2)CC1. The fourth-order valence-electron chi connectivity index (χ4n) is 2.39. The Morgan fingerprint density at radius 1 is 1.26 bits per heavy atom. The van der Waals surface area contributed by atoms with Crippen LogP contribution in [0.5, 0.6) is 0 Å². The van der Waals surface area contributed by atoms with E-state index in [1.165, 1.54) is 0 Å². The number of carbonyl (C=O) groups excluding carboxylic acids is 2. The number of nitrogens with one attached hydrogen (secondary N) is 1. The van der Waals surface area contributed by atoms with Crippen LogP contribution < -0.4 is 16.0 Å². The maximum atomic E-state index is 12.2. The molecule has 0 aromatic carbocycles. The van der Waals surface area contributed by atoms with Crippen molar-refractivity contribution in [3.8, 4) is 0 Å². The number of amides is 2. The van der Waals surface area contributed by atoms with Gasteiger partial charge in [0.15, 0.2) is 0 Å². The van der Waals surface area contributed by atoms with Crippen molar-refractivity contribution in [3.05, 3.63) is 24.4 Å². The minimum atomic E-state index is -0.919. The quantitative estimate of drug-likeness (QED) is 0.795. The number of hydrogen-bond acceptors (Lipinski definition) is 5. The molecule has 7 nitrogen and oxygen atoms in total. The van der Waals surface area contributed by atoms with E-state index < -0.39 is 5.54 Å². The first kappa shape index (κ1) is 17.2. The Balaban J connectivity index is 1.73. The van der Waals surface area contributed by atoms with Gasteiger partial charge in [-0.15, -0.1) is 0 Å². The van der Waals surface area contributed by atoms with Gasteiger partial charge in [-0.25, -0.2) is 4.98 Å². The number of carbonyl (C=O) groups is 2. The molecular formula is C16H25N5O2. The van der Waals surface area contributed by atoms with Gasteiger partial charge in [0.2, 0.25) is 11.8 Å². The van der Waals surface area contributed by atoms with E-state index in [0.717, 1.165) is 18.9 Å². The van der Waals surface area contributed by atoms with Crippen LogP contribution in [0.25, 0.3) is 0 Å². The minimum absolute atomic E-state index is 0.0563. The lowest BCUT2D eigenvalue weighted by molar-refractivity contribution is -0.131. The van der Waals surface area contributed by atoms with Gasteiger partial charge in [-0.1, -0.05) is 6.07 Å². The van der Waals surface area contributed by atoms with Crippen molar-refractivity contribution < 1.29 is 9.59 Å². The third-order valence-corrected chi connectivity index (χ3v) is 3.82. The highest BCUT2D eigenvalue weighted by atomic mass is 16.2. The van der Waals surface area contributed by atoms with E-state index in [0.29, 0.717) is 26.1 Å². The second-order valence-electron chi connectivity index (χ2n) is 6.28. The maximum absolute atomic E-state index is 12.2. The summed E-state index contributed by atoms with van der Waals surface area (Å²) in [5.74, 6) is 0.753. The molecule has 1 aromatic rings. The second kappa shape index (κ2) is 7.41. The Hall–Kier alpha value is -2.15. The summed E-state index contributed by atoms with van der Waals surface area (Å²) in [6.07, 6.45) is 2.07. The highest BCUT2D eigenvalue weighted by Crippen LogP contribution is 2.12. The molecule has 2 heterocycles. The molecule has 2 amide bonds. The molecule has 0 unspecified atom stereocenters. The largest absolute Gasteiger partial charge is 0.354 e. The van der Waals surface area contributed by atoms with Gasteiger partial charge in [0.05, 0.1) is 5.54 Å². The van der Waals surface area contributed by atoms with Crippen molar-refractivity contribution in [3.63, 3.8) is 0 Å². The zero-order valence-corrected chi connectivity index (χ0v) is 13.8. The van der Waals surface area contributed by atoms with Gasteiger partial charge in [0, 0.05) is 45.3 Å². The molecular weight excluding hydrogens is 294 g/mol. The van der Waals surface area contributed by atoms with Crippen LogP contribution in [-0.4, -0.2) is 60.0 Å². The van der Waals surface area contributed by atoms with Crippen molar-refractivity contribution in [2.24, 2.45) is 5.73 Å². The molecule has 0 saturated carbocycles. The number of aromatic nitrogens is 1. The van der Waals surface area contributed by atoms with Crippen LogP contribution in [0.4, 0.5) is 5.82 Å². The highest BCUT2D eigenvalue weighted by molar-refractivity contribution is 5.85. The van der Waals surface area contributed by atoms with Crippen LogP contribution in [0, 0.1) is 0 Å². The molecule has 1 fully saturated rings. The van der Waals surface area contributed by atoms with E-state index in [2.05, 4.69) is 15.2 Å². The number of anilines is 1. The number of pyridine rings is 1. The van der Waals surface area contributed by atoms with E-state index in [1.54, 1.807) is 20.0 Å². The average molecular weight is 319 g/mol. The first-order valence-electron chi connectivity index (χ1n) is 7.89. The summed E-state index contributed by atoms with van der Waals surface area (Å²) in [6.45, 7) is 6.48. The van der Waals surface area contributed by atoms with Crippen molar-refractivity contribution in [1.82, 2.24) is 15.2 Å². The van der Waals surface area contributed by atoms with E-state index in [4.69, 9.17) is 5.73 Å². The Labute approximate surface area is 136 Å². The molecule has 1 aliphatic heterocycles. The highest BCUT2D eigenvalue weighted by Gasteiger charge is 2.23. The normalized spacial score (nSPS) is 15.4. The molecule has 7 heteroatoms. The zero-order valence-electron chi connectivity index (χ0n) is 13.8. The molecule has 2 rings (SSSR count). The summed E-state index contributed by atoms with van der Waals surface area (Å²) in [6, 6.07) is 5.82. The van der Waals surface area contributed by atoms with Crippen molar-refractivity contribution in [2.75, 3.05) is 37.6 Å². The van der Waals surface area contributed by atoms with Crippen LogP contribution in [0.15, 0.2) is 24.4 Å². The molecule has 1 aromatic heterocycles. The van der Waals surface area contributed by atoms with Crippen LogP contribution >= 0.6 is 0 Å². The molecule has 23 heavy (non-hydrogen) atoms. The van der Waals surface area contributed by atoms with Crippen LogP contribution in [-0.2, 0) is 9.59 Å². The summed E-state index contributed by atoms with van der Waals surface area (Å²) in [5, 5.41) is 2.70. The summed E-state index contributed by atoms with van der Waals surface area (Å²) in [7, 11) is 0. The molecule has 0 aliphatic carbocycles. The predicted octanol–water partition coefficient (Wildman–Crippen LogP) is -0.0262. The Morgan fingerprint density at radius 2 is 1.96 bits per heavy atom. The van der Waals surface area contributed by atoms with Crippen LogP contribution in [0.2, 0.25) is 0 Å². The Kier molecular flexibility index (Phi) is 5.54. The molecule has 0 atom stereocenters. The summed E-state index contributed by atoms with van der Waals surface area (Å²) in [4.78, 5) is 32.2. The van der Waals surface area contributed by atoms with E-state index in [9.17, 15) is 9.59 Å². The Morgan fingerprint density at radius 3 is 2.52 bits per heavy atom. The third kappa shape index (κ3) is 4.92. The molecule has 3 N–H and O–H groups in total. The van der Waals surface area contributed by atoms with E-state index >= 15 is 0 Å². The number of hydrogen-bond donors (Lipinski definition) is 2. The van der Waals surface area contributed by atoms with Crippen molar-refractivity contribution >= 4 is 17.6 Å². The van der Waals surface area contributed by atoms with Gasteiger partial charge in [-0.05, 0) is 26.0 Å². The lowest BCUT2D eigenvalue weighted by Gasteiger charge is -2.35. The molecule has 0 bridgehead atoms. The van der Waals surface area contributed by atoms with Gasteiger partial charge in [-0.3, -0.25) is 9.59 Å². The summed E-state index contributed by atoms with van der Waals surface area (Å²) in [5.41, 5.74) is 4.77. The standard InChI is InChI=1S/C16H25N5O2/c1-16(2,17)15(23)19-8-6-14(22)21-11-9-20(10-12-21)13-5-3-4-7-18-13/h3-5,7H,6,8-12,17H2,1-2H3,(H,19,23). The van der Waals surface area contributed by atoms with Crippen LogP contribution in [0.1, 0.15) is 20.3 Å². The molecule has 1 saturated heterocycles. The number of rotatable bonds is 5. The molecule has 0 spiro atoms. The first-order chi connectivity index (χ1) is 10.9. The topological polar surface area (TPSA) is 91.6 Å². The number of nitrogens with zero attached hydrogens (tertiary/aromatic N) is 3. The molecule has 1 aliphatic rings. The molecule has 126 valence electrons. The van der Waals surface area contributed by atoms with Crippen molar-refractivity contribution in [1.29, 1.82) is 0 Å². The predicted molar refractivity (Wildman–Crippen MR) is 88.9 cm³/mol. The number of nitrogens with two attached hydrogens (primary N) is 1. The summed E-state index contributed by atoms with van der Waals surface area (Å²) < 4.78 is 0. The van der Waals surface area contributed by atoms with Gasteiger partial charge in [-0.2, -0.15) is 0 Å². The zero-order chi connectivity index (χ0) is 16.9. The van der Waals surface area contributed by atoms with Crippen LogP contribution in [0.3, 0.4) is 0 Å². The lowest BCUT2D eigenvalue weighted by Crippen LogP contribution is -2.51. The van der Waals surface area contributed by atoms with Crippen molar-refractivity contribution in [2.45, 2.75) is 25.8 Å². The monoisotopic (exact) mass is 319 g/mol. The number of piperazine rings is 1. The van der Waals surface area contributed by atoms with Gasteiger partial charge in [0.25, 0.3) is 0 Å². The van der Waals surface area contributed by atoms with Gasteiger partial charge < -0.3 is 20.9 Å². The fourth-order valence-corrected chi connectivity index (χ4v) is 2.39. The third-order valence-electron chi connectivity index (χ3n) is 3.82. The average Bonchev–Trinajstić information content (AvgIpc) is 2.54. The maximum Gasteiger partial charge on any atom is 0.239 e. The smallest absolute Gasteiger partial charge is 0.239 e. The summed E-state index contributed by atoms with van der Waals surface area (Å²) >= 11 is 0. The second-order valence-corrected chi connectivity index (χ2v) is 6.28. The first-order valence-corrected chi connectivity index (χ1v) is 7.89. The van der Waals surface area contributed by atoms with E-state index in [-0.39, 0.29) is 11.8 Å². The molecule has 0 radical (unpaired) electrons. The minimum Gasteiger partial charge on any atom is -0.354 e. The van der Waals surface area contributed by atoms with E-state index in [1.807, 2.05) is 23.1 Å². The van der Waals surface area contributed by atoms with Gasteiger partial charge in [0.1, 0.15) is 5.82 Å². The fraction of sp³-hybridized carbons (Fsp3) is 0.562. The van der Waals surface area contributed by atoms with Gasteiger partial charge >= 0.3 is 0 Å². The Bertz CT molecular complexity index is 533. The lowest BCUT2D eigenvalue weighted by atomic mass is 10.1.